The smallest absolute Gasteiger partial charge is 0.334 e. The molecule has 1 saturated heterocycles. The molecule has 0 aromatic rings. The fourth-order valence-corrected chi connectivity index (χ4v) is 4.19. The van der Waals surface area contributed by atoms with Crippen molar-refractivity contribution in [3.8, 4) is 0 Å². The topological polar surface area (TPSA) is 26.3 Å². The average Bonchev–Trinajstić information content (AvgIpc) is 2.54. The molecule has 0 spiro atoms. The Balaban J connectivity index is 1.98. The molecule has 0 aromatic heterocycles. The molecule has 0 aromatic carbocycles. The normalized spacial score (nSPS) is 45.2. The first kappa shape index (κ1) is 11.1. The lowest BCUT2D eigenvalue weighted by Crippen LogP contribution is -2.46. The van der Waals surface area contributed by atoms with Crippen molar-refractivity contribution >= 4 is 5.97 Å². The van der Waals surface area contributed by atoms with Crippen molar-refractivity contribution in [3.05, 3.63) is 24.3 Å². The van der Waals surface area contributed by atoms with E-state index in [4.69, 9.17) is 4.74 Å². The van der Waals surface area contributed by atoms with E-state index < -0.39 is 0 Å². The van der Waals surface area contributed by atoms with Crippen LogP contribution in [0.1, 0.15) is 39.0 Å². The van der Waals surface area contributed by atoms with Crippen LogP contribution in [0.15, 0.2) is 24.3 Å². The summed E-state index contributed by atoms with van der Waals surface area (Å²) in [4.78, 5) is 11.7. The van der Waals surface area contributed by atoms with Gasteiger partial charge in [0.05, 0.1) is 0 Å². The molecule has 0 bridgehead atoms. The van der Waals surface area contributed by atoms with E-state index in [0.717, 1.165) is 12.8 Å². The second-order valence-electron chi connectivity index (χ2n) is 6.18. The van der Waals surface area contributed by atoms with Crippen molar-refractivity contribution < 1.29 is 9.53 Å². The molecule has 0 N–H and O–H groups in total. The zero-order chi connectivity index (χ0) is 12.2. The third-order valence-electron chi connectivity index (χ3n) is 5.14. The summed E-state index contributed by atoms with van der Waals surface area (Å²) >= 11 is 0. The molecule has 3 fully saturated rings. The molecule has 2 saturated carbocycles. The van der Waals surface area contributed by atoms with Crippen LogP contribution in [0.3, 0.4) is 0 Å². The lowest BCUT2D eigenvalue weighted by Gasteiger charge is -2.50. The van der Waals surface area contributed by atoms with E-state index in [1.807, 2.05) is 0 Å². The maximum absolute atomic E-state index is 11.7. The van der Waals surface area contributed by atoms with Crippen LogP contribution in [0.5, 0.6) is 0 Å². The summed E-state index contributed by atoms with van der Waals surface area (Å²) in [6.07, 6.45) is 5.82. The van der Waals surface area contributed by atoms with Gasteiger partial charge >= 0.3 is 5.97 Å². The van der Waals surface area contributed by atoms with Crippen molar-refractivity contribution in [2.24, 2.45) is 17.3 Å². The lowest BCUT2D eigenvalue weighted by atomic mass is 9.55. The number of ether oxygens (including phenoxy) is 1. The van der Waals surface area contributed by atoms with Crippen LogP contribution >= 0.6 is 0 Å². The number of fused-ring (bicyclic) bond motifs is 3. The minimum Gasteiger partial charge on any atom is -0.458 e. The maximum atomic E-state index is 11.7. The molecule has 2 aliphatic carbocycles. The van der Waals surface area contributed by atoms with Crippen LogP contribution in [-0.4, -0.2) is 12.1 Å². The third-order valence-corrected chi connectivity index (χ3v) is 5.14. The molecule has 4 atom stereocenters. The molecule has 1 heterocycles. The Labute approximate surface area is 103 Å². The second-order valence-corrected chi connectivity index (χ2v) is 6.18. The molecular weight excluding hydrogens is 212 g/mol. The Morgan fingerprint density at radius 3 is 2.88 bits per heavy atom. The van der Waals surface area contributed by atoms with Crippen molar-refractivity contribution in [2.75, 3.05) is 0 Å². The van der Waals surface area contributed by atoms with Crippen molar-refractivity contribution in [3.63, 3.8) is 0 Å². The number of rotatable bonds is 0. The monoisotopic (exact) mass is 232 g/mol. The van der Waals surface area contributed by atoms with E-state index in [2.05, 4.69) is 20.1 Å². The highest BCUT2D eigenvalue weighted by molar-refractivity contribution is 5.91. The first-order valence-corrected chi connectivity index (χ1v) is 6.60. The SMILES string of the molecule is C=C1C(=O)O[C@H]2[C@@H]1CC[C@]1(C)CCCC(=C)[C@H]21. The first-order valence-electron chi connectivity index (χ1n) is 6.60. The molecule has 2 heteroatoms. The van der Waals surface area contributed by atoms with Crippen LogP contribution in [0.2, 0.25) is 0 Å². The predicted molar refractivity (Wildman–Crippen MR) is 66.3 cm³/mol. The van der Waals surface area contributed by atoms with Gasteiger partial charge in [-0.05, 0) is 37.5 Å². The number of carbonyl (C=O) groups is 1. The highest BCUT2D eigenvalue weighted by Crippen LogP contribution is 2.57. The molecule has 3 aliphatic rings. The van der Waals surface area contributed by atoms with Gasteiger partial charge in [0.1, 0.15) is 6.10 Å². The van der Waals surface area contributed by atoms with Gasteiger partial charge in [-0.3, -0.25) is 0 Å². The summed E-state index contributed by atoms with van der Waals surface area (Å²) < 4.78 is 5.58. The number of carbonyl (C=O) groups excluding carboxylic acids is 1. The Bertz CT molecular complexity index is 409. The van der Waals surface area contributed by atoms with Gasteiger partial charge in [0.25, 0.3) is 0 Å². The van der Waals surface area contributed by atoms with Gasteiger partial charge in [0.2, 0.25) is 0 Å². The number of hydrogen-bond acceptors (Lipinski definition) is 2. The van der Waals surface area contributed by atoms with E-state index in [-0.39, 0.29) is 18.0 Å². The van der Waals surface area contributed by atoms with Crippen molar-refractivity contribution in [1.29, 1.82) is 0 Å². The third kappa shape index (κ3) is 1.42. The summed E-state index contributed by atoms with van der Waals surface area (Å²) in [6, 6.07) is 0. The van der Waals surface area contributed by atoms with Gasteiger partial charge in [0.15, 0.2) is 0 Å². The van der Waals surface area contributed by atoms with Gasteiger partial charge in [0, 0.05) is 17.4 Å². The minimum atomic E-state index is -0.178. The first-order chi connectivity index (χ1) is 8.03. The average molecular weight is 232 g/mol. The molecule has 0 radical (unpaired) electrons. The molecule has 2 nitrogen and oxygen atoms in total. The van der Waals surface area contributed by atoms with Crippen LogP contribution in [0.25, 0.3) is 0 Å². The lowest BCUT2D eigenvalue weighted by molar-refractivity contribution is -0.145. The summed E-state index contributed by atoms with van der Waals surface area (Å²) in [5.41, 5.74) is 2.27. The Morgan fingerprint density at radius 1 is 1.35 bits per heavy atom. The van der Waals surface area contributed by atoms with E-state index in [1.165, 1.54) is 24.8 Å². The Hall–Kier alpha value is -1.05. The largest absolute Gasteiger partial charge is 0.458 e. The van der Waals surface area contributed by atoms with Gasteiger partial charge in [-0.1, -0.05) is 25.7 Å². The van der Waals surface area contributed by atoms with E-state index in [9.17, 15) is 4.79 Å². The summed E-state index contributed by atoms with van der Waals surface area (Å²) in [5.74, 6) is 0.427. The van der Waals surface area contributed by atoms with Gasteiger partial charge < -0.3 is 4.74 Å². The van der Waals surface area contributed by atoms with Crippen LogP contribution in [0.4, 0.5) is 0 Å². The van der Waals surface area contributed by atoms with E-state index in [1.54, 1.807) is 0 Å². The van der Waals surface area contributed by atoms with Crippen LogP contribution in [-0.2, 0) is 9.53 Å². The highest BCUT2D eigenvalue weighted by Gasteiger charge is 2.54. The summed E-state index contributed by atoms with van der Waals surface area (Å²) in [7, 11) is 0. The van der Waals surface area contributed by atoms with Gasteiger partial charge in [-0.25, -0.2) is 4.79 Å². The fraction of sp³-hybridized carbons (Fsp3) is 0.667. The van der Waals surface area contributed by atoms with Crippen LogP contribution < -0.4 is 0 Å². The maximum Gasteiger partial charge on any atom is 0.334 e. The fourth-order valence-electron chi connectivity index (χ4n) is 4.19. The number of hydrogen-bond donors (Lipinski definition) is 0. The standard InChI is InChI=1S/C15H20O2/c1-9-5-4-7-15(3)8-6-11-10(2)14(16)17-13(11)12(9)15/h11-13H,1-2,4-8H2,3H3/t11-,12-,13+,15+/m1/s1. The highest BCUT2D eigenvalue weighted by atomic mass is 16.6. The van der Waals surface area contributed by atoms with E-state index in [0.29, 0.717) is 16.9 Å². The second kappa shape index (κ2) is 3.47. The molecular formula is C15H20O2. The predicted octanol–water partition coefficient (Wildman–Crippen LogP) is 3.24. The van der Waals surface area contributed by atoms with Crippen molar-refractivity contribution in [2.45, 2.75) is 45.1 Å². The molecule has 92 valence electrons. The zero-order valence-electron chi connectivity index (χ0n) is 10.5. The Morgan fingerprint density at radius 2 is 2.12 bits per heavy atom. The van der Waals surface area contributed by atoms with E-state index >= 15 is 0 Å². The molecule has 1 aliphatic heterocycles. The molecule has 0 unspecified atom stereocenters. The molecule has 3 rings (SSSR count). The Kier molecular flexibility index (Phi) is 2.26. The zero-order valence-corrected chi connectivity index (χ0v) is 10.5. The molecule has 0 amide bonds. The van der Waals surface area contributed by atoms with Gasteiger partial charge in [-0.15, -0.1) is 0 Å². The van der Waals surface area contributed by atoms with Gasteiger partial charge in [-0.2, -0.15) is 0 Å². The summed E-state index contributed by atoms with van der Waals surface area (Å²) in [6.45, 7) is 10.5. The quantitative estimate of drug-likeness (QED) is 0.364. The van der Waals surface area contributed by atoms with Crippen LogP contribution in [0, 0.1) is 17.3 Å². The summed E-state index contributed by atoms with van der Waals surface area (Å²) in [5, 5.41) is 0. The minimum absolute atomic E-state index is 0.0292. The molecule has 17 heavy (non-hydrogen) atoms. The number of esters is 1. The van der Waals surface area contributed by atoms with Crippen molar-refractivity contribution in [1.82, 2.24) is 0 Å².